The van der Waals surface area contributed by atoms with Crippen LogP contribution in [0.3, 0.4) is 0 Å². The first kappa shape index (κ1) is 21.9. The highest BCUT2D eigenvalue weighted by atomic mass is 127. The molecule has 2 heterocycles. The van der Waals surface area contributed by atoms with Gasteiger partial charge in [-0.2, -0.15) is 13.2 Å². The van der Waals surface area contributed by atoms with Crippen molar-refractivity contribution >= 4 is 47.2 Å². The van der Waals surface area contributed by atoms with E-state index >= 15 is 0 Å². The van der Waals surface area contributed by atoms with Crippen LogP contribution in [0.4, 0.5) is 13.2 Å². The van der Waals surface area contributed by atoms with Crippen LogP contribution in [0.1, 0.15) is 23.5 Å². The van der Waals surface area contributed by atoms with Crippen LogP contribution in [0.5, 0.6) is 0 Å². The lowest BCUT2D eigenvalue weighted by Crippen LogP contribution is -2.40. The second-order valence-corrected chi connectivity index (χ2v) is 6.54. The van der Waals surface area contributed by atoms with Crippen molar-refractivity contribution in [3.63, 3.8) is 0 Å². The minimum Gasteiger partial charge on any atom is -0.350 e. The largest absolute Gasteiger partial charge is 0.434 e. The summed E-state index contributed by atoms with van der Waals surface area (Å²) >= 11 is 0.948. The summed E-state index contributed by atoms with van der Waals surface area (Å²) in [7, 11) is 3.30. The average molecular weight is 491 g/mol. The summed E-state index contributed by atoms with van der Waals surface area (Å²) in [6.07, 6.45) is -2.38. The predicted molar refractivity (Wildman–Crippen MR) is 101 cm³/mol. The van der Waals surface area contributed by atoms with E-state index in [4.69, 9.17) is 0 Å². The van der Waals surface area contributed by atoms with Crippen molar-refractivity contribution in [3.05, 3.63) is 16.1 Å². The standard InChI is InChI=1S/C14H20F3N5OS.HI/c1-21(2)12(23)8-19-13(22-5-3-4-6-22)18-7-11-20-10(9-24-11)14(15,16)17;/h9H,3-8H2,1-2H3,(H,18,19);1H. The lowest BCUT2D eigenvalue weighted by Gasteiger charge is -2.21. The molecule has 0 atom stereocenters. The van der Waals surface area contributed by atoms with Crippen LogP contribution in [0.15, 0.2) is 10.4 Å². The van der Waals surface area contributed by atoms with Gasteiger partial charge in [-0.25, -0.2) is 9.98 Å². The number of thiazole rings is 1. The Labute approximate surface area is 165 Å². The summed E-state index contributed by atoms with van der Waals surface area (Å²) in [6, 6.07) is 0. The molecule has 1 aromatic rings. The fraction of sp³-hybridized carbons (Fsp3) is 0.643. The molecule has 0 aromatic carbocycles. The smallest absolute Gasteiger partial charge is 0.350 e. The predicted octanol–water partition coefficient (Wildman–Crippen LogP) is 2.41. The summed E-state index contributed by atoms with van der Waals surface area (Å²) in [4.78, 5) is 23.0. The maximum Gasteiger partial charge on any atom is 0.434 e. The fourth-order valence-corrected chi connectivity index (χ4v) is 2.90. The topological polar surface area (TPSA) is 60.8 Å². The highest BCUT2D eigenvalue weighted by Crippen LogP contribution is 2.29. The Hall–Kier alpha value is -1.11. The summed E-state index contributed by atoms with van der Waals surface area (Å²) in [5.74, 6) is 0.397. The quantitative estimate of drug-likeness (QED) is 0.400. The Morgan fingerprint density at radius 1 is 1.40 bits per heavy atom. The summed E-state index contributed by atoms with van der Waals surface area (Å²) in [5, 5.41) is 4.35. The van der Waals surface area contributed by atoms with Crippen molar-refractivity contribution in [2.45, 2.75) is 25.6 Å². The third-order valence-corrected chi connectivity index (χ3v) is 4.36. The van der Waals surface area contributed by atoms with E-state index in [2.05, 4.69) is 15.3 Å². The third-order valence-electron chi connectivity index (χ3n) is 3.51. The third kappa shape index (κ3) is 6.60. The number of nitrogens with zero attached hydrogens (tertiary/aromatic N) is 4. The summed E-state index contributed by atoms with van der Waals surface area (Å²) < 4.78 is 37.7. The van der Waals surface area contributed by atoms with Gasteiger partial charge in [-0.1, -0.05) is 0 Å². The van der Waals surface area contributed by atoms with Crippen LogP contribution < -0.4 is 5.32 Å². The van der Waals surface area contributed by atoms with Gasteiger partial charge in [0, 0.05) is 32.6 Å². The second-order valence-electron chi connectivity index (χ2n) is 5.60. The van der Waals surface area contributed by atoms with E-state index < -0.39 is 11.9 Å². The van der Waals surface area contributed by atoms with Crippen LogP contribution in [-0.4, -0.2) is 60.4 Å². The maximum atomic E-state index is 12.6. The fourth-order valence-electron chi connectivity index (χ4n) is 2.16. The number of carbonyl (C=O) groups excluding carboxylic acids is 1. The van der Waals surface area contributed by atoms with Crippen LogP contribution in [-0.2, 0) is 17.5 Å². The van der Waals surface area contributed by atoms with Crippen molar-refractivity contribution in [2.75, 3.05) is 33.7 Å². The monoisotopic (exact) mass is 491 g/mol. The molecule has 6 nitrogen and oxygen atoms in total. The SMILES string of the molecule is CN(C)C(=O)CN=C(NCc1nc(C(F)(F)F)cs1)N1CCCC1.I. The first-order valence-electron chi connectivity index (χ1n) is 7.52. The molecule has 11 heteroatoms. The molecular weight excluding hydrogens is 470 g/mol. The zero-order chi connectivity index (χ0) is 17.7. The lowest BCUT2D eigenvalue weighted by molar-refractivity contribution is -0.140. The first-order chi connectivity index (χ1) is 11.3. The van der Waals surface area contributed by atoms with Crippen LogP contribution >= 0.6 is 35.3 Å². The molecule has 0 aliphatic carbocycles. The Bertz CT molecular complexity index is 600. The van der Waals surface area contributed by atoms with E-state index in [1.54, 1.807) is 14.1 Å². The number of guanidine groups is 1. The zero-order valence-corrected chi connectivity index (χ0v) is 17.1. The number of amides is 1. The number of alkyl halides is 3. The number of hydrogen-bond acceptors (Lipinski definition) is 4. The molecule has 0 unspecified atom stereocenters. The van der Waals surface area contributed by atoms with Crippen molar-refractivity contribution in [3.8, 4) is 0 Å². The minimum atomic E-state index is -4.43. The number of carbonyl (C=O) groups is 1. The average Bonchev–Trinajstić information content (AvgIpc) is 3.17. The van der Waals surface area contributed by atoms with Crippen LogP contribution in [0.2, 0.25) is 0 Å². The van der Waals surface area contributed by atoms with Gasteiger partial charge >= 0.3 is 6.18 Å². The van der Waals surface area contributed by atoms with E-state index in [1.807, 2.05) is 4.90 Å². The van der Waals surface area contributed by atoms with Gasteiger partial charge in [-0.15, -0.1) is 35.3 Å². The van der Waals surface area contributed by atoms with E-state index in [0.29, 0.717) is 11.0 Å². The lowest BCUT2D eigenvalue weighted by atomic mass is 10.4. The number of likely N-dealkylation sites (tertiary alicyclic amines) is 1. The molecule has 2 rings (SSSR count). The van der Waals surface area contributed by atoms with Crippen LogP contribution in [0.25, 0.3) is 0 Å². The van der Waals surface area contributed by atoms with E-state index in [1.165, 1.54) is 4.90 Å². The van der Waals surface area contributed by atoms with Gasteiger partial charge in [0.05, 0.1) is 6.54 Å². The van der Waals surface area contributed by atoms with E-state index in [0.717, 1.165) is 42.6 Å². The second kappa shape index (κ2) is 9.55. The van der Waals surface area contributed by atoms with E-state index in [9.17, 15) is 18.0 Å². The minimum absolute atomic E-state index is 0. The number of halogens is 4. The number of nitrogens with one attached hydrogen (secondary N) is 1. The molecule has 142 valence electrons. The molecular formula is C14H21F3IN5OS. The Balaban J connectivity index is 0.00000312. The Morgan fingerprint density at radius 3 is 2.56 bits per heavy atom. The number of hydrogen-bond donors (Lipinski definition) is 1. The summed E-state index contributed by atoms with van der Waals surface area (Å²) in [6.45, 7) is 1.77. The number of aliphatic imine (C=N–C) groups is 1. The number of rotatable bonds is 4. The first-order valence-corrected chi connectivity index (χ1v) is 8.40. The Morgan fingerprint density at radius 2 is 2.04 bits per heavy atom. The van der Waals surface area contributed by atoms with Gasteiger partial charge in [-0.05, 0) is 12.8 Å². The van der Waals surface area contributed by atoms with Gasteiger partial charge in [0.2, 0.25) is 5.91 Å². The molecule has 1 fully saturated rings. The van der Waals surface area contributed by atoms with Crippen LogP contribution in [0, 0.1) is 0 Å². The highest BCUT2D eigenvalue weighted by Gasteiger charge is 2.33. The number of aromatic nitrogens is 1. The molecule has 0 bridgehead atoms. The molecule has 1 aliphatic rings. The van der Waals surface area contributed by atoms with Gasteiger partial charge in [0.1, 0.15) is 11.6 Å². The zero-order valence-electron chi connectivity index (χ0n) is 14.0. The van der Waals surface area contributed by atoms with Gasteiger partial charge in [0.15, 0.2) is 11.7 Å². The van der Waals surface area contributed by atoms with Crippen molar-refractivity contribution in [1.29, 1.82) is 0 Å². The normalized spacial score (nSPS) is 15.1. The summed E-state index contributed by atoms with van der Waals surface area (Å²) in [5.41, 5.74) is -0.883. The molecule has 1 N–H and O–H groups in total. The van der Waals surface area contributed by atoms with Crippen molar-refractivity contribution in [2.24, 2.45) is 4.99 Å². The highest BCUT2D eigenvalue weighted by molar-refractivity contribution is 14.0. The molecule has 25 heavy (non-hydrogen) atoms. The molecule has 0 spiro atoms. The molecule has 1 amide bonds. The molecule has 1 aliphatic heterocycles. The molecule has 0 radical (unpaired) electrons. The van der Waals surface area contributed by atoms with Gasteiger partial charge in [-0.3, -0.25) is 4.79 Å². The molecule has 1 aromatic heterocycles. The van der Waals surface area contributed by atoms with Gasteiger partial charge in [0.25, 0.3) is 0 Å². The molecule has 0 saturated carbocycles. The van der Waals surface area contributed by atoms with Crippen molar-refractivity contribution < 1.29 is 18.0 Å². The Kier molecular flexibility index (Phi) is 8.38. The van der Waals surface area contributed by atoms with Gasteiger partial charge < -0.3 is 15.1 Å². The maximum absolute atomic E-state index is 12.6. The van der Waals surface area contributed by atoms with Crippen molar-refractivity contribution in [1.82, 2.24) is 20.1 Å². The molecule has 1 saturated heterocycles. The number of likely N-dealkylation sites (N-methyl/N-ethyl adjacent to an activating group) is 1. The van der Waals surface area contributed by atoms with E-state index in [-0.39, 0.29) is 43.0 Å².